The number of halogens is 2. The zero-order valence-corrected chi connectivity index (χ0v) is 12.0. The maximum absolute atomic E-state index is 11.9. The summed E-state index contributed by atoms with van der Waals surface area (Å²) in [5.41, 5.74) is 0.808. The fraction of sp³-hybridized carbons (Fsp3) is 0.214. The highest BCUT2D eigenvalue weighted by Crippen LogP contribution is 2.26. The summed E-state index contributed by atoms with van der Waals surface area (Å²) in [4.78, 5) is 11.9. The lowest BCUT2D eigenvalue weighted by Gasteiger charge is -2.15. The second-order valence-electron chi connectivity index (χ2n) is 4.27. The van der Waals surface area contributed by atoms with Crippen LogP contribution in [0.4, 0.5) is 0 Å². The normalized spacial score (nSPS) is 12.2. The predicted molar refractivity (Wildman–Crippen MR) is 75.8 cm³/mol. The molecule has 0 aliphatic carbocycles. The topological polar surface area (TPSA) is 42.2 Å². The highest BCUT2D eigenvalue weighted by Gasteiger charge is 2.16. The predicted octanol–water partition coefficient (Wildman–Crippen LogP) is 4.39. The monoisotopic (exact) mass is 297 g/mol. The Balaban J connectivity index is 2.12. The zero-order valence-electron chi connectivity index (χ0n) is 10.5. The molecule has 0 saturated carbocycles. The van der Waals surface area contributed by atoms with Gasteiger partial charge in [-0.1, -0.05) is 29.3 Å². The Labute approximate surface area is 121 Å². The van der Waals surface area contributed by atoms with Gasteiger partial charge >= 0.3 is 0 Å². The van der Waals surface area contributed by atoms with E-state index in [9.17, 15) is 4.79 Å². The van der Waals surface area contributed by atoms with E-state index < -0.39 is 0 Å². The Hall–Kier alpha value is -1.45. The van der Waals surface area contributed by atoms with E-state index in [0.29, 0.717) is 15.8 Å². The summed E-state index contributed by atoms with van der Waals surface area (Å²) in [7, 11) is 0. The van der Waals surface area contributed by atoms with Crippen LogP contribution in [0.15, 0.2) is 34.7 Å². The minimum Gasteiger partial charge on any atom is -0.456 e. The molecule has 0 bridgehead atoms. The second-order valence-corrected chi connectivity index (χ2v) is 5.11. The van der Waals surface area contributed by atoms with E-state index in [1.54, 1.807) is 37.3 Å². The first-order valence-corrected chi connectivity index (χ1v) is 6.55. The lowest BCUT2D eigenvalue weighted by Crippen LogP contribution is -2.26. The van der Waals surface area contributed by atoms with Crippen LogP contribution in [0.1, 0.15) is 34.8 Å². The molecule has 0 aliphatic heterocycles. The van der Waals surface area contributed by atoms with Crippen molar-refractivity contribution in [2.45, 2.75) is 19.9 Å². The van der Waals surface area contributed by atoms with E-state index in [0.717, 1.165) is 5.56 Å². The zero-order chi connectivity index (χ0) is 14.0. The largest absolute Gasteiger partial charge is 0.456 e. The lowest BCUT2D eigenvalue weighted by atomic mass is 10.1. The number of carbonyl (C=O) groups is 1. The van der Waals surface area contributed by atoms with Crippen LogP contribution < -0.4 is 5.32 Å². The van der Waals surface area contributed by atoms with Gasteiger partial charge in [0.15, 0.2) is 5.76 Å². The Bertz CT molecular complexity index is 607. The van der Waals surface area contributed by atoms with Crippen molar-refractivity contribution in [1.82, 2.24) is 5.32 Å². The lowest BCUT2D eigenvalue weighted by molar-refractivity contribution is 0.0910. The number of rotatable bonds is 3. The smallest absolute Gasteiger partial charge is 0.287 e. The number of nitrogens with one attached hydrogen (secondary N) is 1. The molecule has 3 nitrogen and oxygen atoms in total. The number of hydrogen-bond donors (Lipinski definition) is 1. The van der Waals surface area contributed by atoms with Crippen molar-refractivity contribution < 1.29 is 9.21 Å². The molecule has 5 heteroatoms. The van der Waals surface area contributed by atoms with E-state index in [1.165, 1.54) is 0 Å². The number of carbonyl (C=O) groups excluding carboxylic acids is 1. The molecular weight excluding hydrogens is 285 g/mol. The molecule has 1 unspecified atom stereocenters. The molecule has 1 N–H and O–H groups in total. The quantitative estimate of drug-likeness (QED) is 0.913. The number of aryl methyl sites for hydroxylation is 1. The molecular formula is C14H13Cl2NO2. The molecule has 1 amide bonds. The van der Waals surface area contributed by atoms with Gasteiger partial charge in [0.05, 0.1) is 6.04 Å². The van der Waals surface area contributed by atoms with Crippen LogP contribution in [0.2, 0.25) is 10.0 Å². The van der Waals surface area contributed by atoms with Crippen molar-refractivity contribution in [2.24, 2.45) is 0 Å². The van der Waals surface area contributed by atoms with Crippen LogP contribution in [0.25, 0.3) is 0 Å². The van der Waals surface area contributed by atoms with E-state index in [1.807, 2.05) is 6.92 Å². The van der Waals surface area contributed by atoms with E-state index in [-0.39, 0.29) is 17.7 Å². The summed E-state index contributed by atoms with van der Waals surface area (Å²) in [6.45, 7) is 3.64. The van der Waals surface area contributed by atoms with E-state index in [2.05, 4.69) is 5.32 Å². The average molecular weight is 298 g/mol. The third-order valence-electron chi connectivity index (χ3n) is 2.74. The molecule has 1 atom stereocenters. The van der Waals surface area contributed by atoms with Gasteiger partial charge < -0.3 is 9.73 Å². The molecule has 0 aliphatic rings. The Morgan fingerprint density at radius 3 is 2.58 bits per heavy atom. The standard InChI is InChI=1S/C14H13Cl2NO2/c1-8-3-6-13(19-8)14(18)17-9(2)11-5-4-10(15)7-12(11)16/h3-7,9H,1-2H3,(H,17,18). The molecule has 0 radical (unpaired) electrons. The summed E-state index contributed by atoms with van der Waals surface area (Å²) >= 11 is 11.9. The van der Waals surface area contributed by atoms with Gasteiger partial charge in [0.1, 0.15) is 5.76 Å². The SMILES string of the molecule is Cc1ccc(C(=O)NC(C)c2ccc(Cl)cc2Cl)o1. The Morgan fingerprint density at radius 1 is 1.26 bits per heavy atom. The van der Waals surface area contributed by atoms with Crippen LogP contribution in [-0.2, 0) is 0 Å². The van der Waals surface area contributed by atoms with Gasteiger partial charge in [-0.05, 0) is 43.7 Å². The minimum absolute atomic E-state index is 0.234. The first kappa shape index (κ1) is 14.0. The maximum atomic E-state index is 11.9. The molecule has 0 spiro atoms. The Morgan fingerprint density at radius 2 is 2.00 bits per heavy atom. The molecule has 2 rings (SSSR count). The first-order chi connectivity index (χ1) is 8.97. The van der Waals surface area contributed by atoms with Crippen LogP contribution in [0, 0.1) is 6.92 Å². The maximum Gasteiger partial charge on any atom is 0.287 e. The van der Waals surface area contributed by atoms with Crippen LogP contribution >= 0.6 is 23.2 Å². The van der Waals surface area contributed by atoms with Crippen molar-refractivity contribution in [3.63, 3.8) is 0 Å². The van der Waals surface area contributed by atoms with Crippen molar-refractivity contribution in [3.05, 3.63) is 57.5 Å². The molecule has 0 fully saturated rings. The van der Waals surface area contributed by atoms with Crippen molar-refractivity contribution >= 4 is 29.1 Å². The highest BCUT2D eigenvalue weighted by molar-refractivity contribution is 6.35. The van der Waals surface area contributed by atoms with Gasteiger partial charge in [-0.15, -0.1) is 0 Å². The fourth-order valence-corrected chi connectivity index (χ4v) is 2.33. The van der Waals surface area contributed by atoms with E-state index >= 15 is 0 Å². The molecule has 1 heterocycles. The summed E-state index contributed by atoms with van der Waals surface area (Å²) in [6, 6.07) is 8.34. The third-order valence-corrected chi connectivity index (χ3v) is 3.30. The summed E-state index contributed by atoms with van der Waals surface area (Å²) in [6.07, 6.45) is 0. The van der Waals surface area contributed by atoms with E-state index in [4.69, 9.17) is 27.6 Å². The van der Waals surface area contributed by atoms with Gasteiger partial charge in [-0.2, -0.15) is 0 Å². The van der Waals surface area contributed by atoms with Gasteiger partial charge in [0.25, 0.3) is 5.91 Å². The van der Waals surface area contributed by atoms with Crippen molar-refractivity contribution in [1.29, 1.82) is 0 Å². The summed E-state index contributed by atoms with van der Waals surface area (Å²) < 4.78 is 5.27. The first-order valence-electron chi connectivity index (χ1n) is 5.79. The average Bonchev–Trinajstić information content (AvgIpc) is 2.75. The molecule has 19 heavy (non-hydrogen) atoms. The molecule has 100 valence electrons. The molecule has 1 aromatic heterocycles. The molecule has 0 saturated heterocycles. The van der Waals surface area contributed by atoms with Gasteiger partial charge in [-0.3, -0.25) is 4.79 Å². The second kappa shape index (κ2) is 5.68. The van der Waals surface area contributed by atoms with Crippen LogP contribution in [0.3, 0.4) is 0 Å². The number of furan rings is 1. The van der Waals surface area contributed by atoms with Gasteiger partial charge in [-0.25, -0.2) is 0 Å². The highest BCUT2D eigenvalue weighted by atomic mass is 35.5. The minimum atomic E-state index is -0.272. The number of hydrogen-bond acceptors (Lipinski definition) is 2. The van der Waals surface area contributed by atoms with Gasteiger partial charge in [0.2, 0.25) is 0 Å². The molecule has 2 aromatic rings. The van der Waals surface area contributed by atoms with Crippen molar-refractivity contribution in [3.8, 4) is 0 Å². The number of amides is 1. The number of benzene rings is 1. The Kier molecular flexibility index (Phi) is 4.17. The fourth-order valence-electron chi connectivity index (χ4n) is 1.75. The van der Waals surface area contributed by atoms with Crippen molar-refractivity contribution in [2.75, 3.05) is 0 Å². The third kappa shape index (κ3) is 3.31. The molecule has 1 aromatic carbocycles. The summed E-state index contributed by atoms with van der Waals surface area (Å²) in [5, 5.41) is 3.91. The summed E-state index contributed by atoms with van der Waals surface area (Å²) in [5.74, 6) is 0.711. The van der Waals surface area contributed by atoms with Gasteiger partial charge in [0, 0.05) is 10.0 Å². The van der Waals surface area contributed by atoms with Crippen LogP contribution in [0.5, 0.6) is 0 Å². The van der Waals surface area contributed by atoms with Crippen LogP contribution in [-0.4, -0.2) is 5.91 Å².